The van der Waals surface area contributed by atoms with Crippen molar-refractivity contribution in [1.82, 2.24) is 0 Å². The Bertz CT molecular complexity index is 762. The minimum atomic E-state index is -0.474. The third-order valence-corrected chi connectivity index (χ3v) is 3.61. The summed E-state index contributed by atoms with van der Waals surface area (Å²) in [5, 5.41) is 17.2. The highest BCUT2D eigenvalue weighted by molar-refractivity contribution is 7.80. The molecular weight excluding hydrogens is 314 g/mol. The Morgan fingerprint density at radius 3 is 2.48 bits per heavy atom. The molecule has 0 saturated carbocycles. The van der Waals surface area contributed by atoms with Crippen LogP contribution in [0.2, 0.25) is 0 Å². The maximum absolute atomic E-state index is 10.8. The molecule has 2 aromatic rings. The molecule has 0 heterocycles. The Balaban J connectivity index is 2.13. The van der Waals surface area contributed by atoms with E-state index in [-0.39, 0.29) is 5.69 Å². The summed E-state index contributed by atoms with van der Waals surface area (Å²) in [4.78, 5) is 10.3. The van der Waals surface area contributed by atoms with E-state index in [2.05, 4.69) is 10.6 Å². The van der Waals surface area contributed by atoms with E-state index in [1.165, 1.54) is 24.8 Å². The summed E-state index contributed by atoms with van der Waals surface area (Å²) < 4.78 is 5.17. The van der Waals surface area contributed by atoms with Crippen molar-refractivity contribution in [2.45, 2.75) is 13.8 Å². The maximum Gasteiger partial charge on any atom is 0.273 e. The van der Waals surface area contributed by atoms with Gasteiger partial charge in [-0.05, 0) is 55.4 Å². The molecule has 0 saturated heterocycles. The highest BCUT2D eigenvalue weighted by atomic mass is 32.1. The molecule has 120 valence electrons. The average Bonchev–Trinajstić information content (AvgIpc) is 2.51. The Morgan fingerprint density at radius 1 is 1.13 bits per heavy atom. The summed E-state index contributed by atoms with van der Waals surface area (Å²) in [6.45, 7) is 4.06. The van der Waals surface area contributed by atoms with E-state index in [1.807, 2.05) is 32.0 Å². The van der Waals surface area contributed by atoms with Crippen molar-refractivity contribution in [2.24, 2.45) is 0 Å². The van der Waals surface area contributed by atoms with Gasteiger partial charge in [-0.15, -0.1) is 0 Å². The van der Waals surface area contributed by atoms with E-state index in [0.29, 0.717) is 16.5 Å². The van der Waals surface area contributed by atoms with Crippen molar-refractivity contribution in [3.63, 3.8) is 0 Å². The molecule has 0 radical (unpaired) electrons. The number of ether oxygens (including phenoxy) is 1. The summed E-state index contributed by atoms with van der Waals surface area (Å²) in [5.41, 5.74) is 3.74. The molecule has 23 heavy (non-hydrogen) atoms. The van der Waals surface area contributed by atoms with E-state index < -0.39 is 4.92 Å². The Labute approximate surface area is 139 Å². The minimum absolute atomic E-state index is 0.0413. The molecule has 0 amide bonds. The van der Waals surface area contributed by atoms with Crippen LogP contribution in [0.1, 0.15) is 11.1 Å². The number of benzene rings is 2. The lowest BCUT2D eigenvalue weighted by Gasteiger charge is -2.14. The van der Waals surface area contributed by atoms with Crippen molar-refractivity contribution < 1.29 is 9.66 Å². The number of nitrogens with one attached hydrogen (secondary N) is 2. The van der Waals surface area contributed by atoms with Crippen LogP contribution < -0.4 is 15.4 Å². The maximum atomic E-state index is 10.8. The van der Waals surface area contributed by atoms with Crippen LogP contribution in [0, 0.1) is 24.0 Å². The standard InChI is InChI=1S/C16H17N3O3S/c1-10-4-5-12(8-11(10)2)17-16(23)18-14-7-6-13(19(20)21)9-15(14)22-3/h4-9H,1-3H3,(H2,17,18,23). The second-order valence-electron chi connectivity index (χ2n) is 5.02. The zero-order valence-electron chi connectivity index (χ0n) is 13.0. The van der Waals surface area contributed by atoms with Gasteiger partial charge in [0.25, 0.3) is 5.69 Å². The number of rotatable bonds is 4. The first kappa shape index (κ1) is 16.7. The largest absolute Gasteiger partial charge is 0.494 e. The van der Waals surface area contributed by atoms with E-state index in [0.717, 1.165) is 11.3 Å². The lowest BCUT2D eigenvalue weighted by Crippen LogP contribution is -2.19. The number of methoxy groups -OCH3 is 1. The fraction of sp³-hybridized carbons (Fsp3) is 0.188. The van der Waals surface area contributed by atoms with Gasteiger partial charge in [-0.3, -0.25) is 10.1 Å². The van der Waals surface area contributed by atoms with Gasteiger partial charge in [0.05, 0.1) is 23.8 Å². The SMILES string of the molecule is COc1cc([N+](=O)[O-])ccc1NC(=S)Nc1ccc(C)c(C)c1. The van der Waals surface area contributed by atoms with E-state index in [9.17, 15) is 10.1 Å². The van der Waals surface area contributed by atoms with Gasteiger partial charge in [0.15, 0.2) is 5.11 Å². The van der Waals surface area contributed by atoms with Crippen LogP contribution in [0.25, 0.3) is 0 Å². The number of aryl methyl sites for hydroxylation is 2. The fourth-order valence-electron chi connectivity index (χ4n) is 2.00. The van der Waals surface area contributed by atoms with Crippen molar-refractivity contribution >= 4 is 34.4 Å². The van der Waals surface area contributed by atoms with Crippen molar-refractivity contribution in [3.05, 3.63) is 57.6 Å². The smallest absolute Gasteiger partial charge is 0.273 e. The van der Waals surface area contributed by atoms with Crippen LogP contribution in [-0.2, 0) is 0 Å². The molecule has 2 rings (SSSR count). The Kier molecular flexibility index (Phi) is 5.13. The zero-order valence-corrected chi connectivity index (χ0v) is 13.9. The number of hydrogen-bond acceptors (Lipinski definition) is 4. The van der Waals surface area contributed by atoms with E-state index >= 15 is 0 Å². The molecule has 0 fully saturated rings. The van der Waals surface area contributed by atoms with Gasteiger partial charge in [0.2, 0.25) is 0 Å². The number of nitro benzene ring substituents is 1. The van der Waals surface area contributed by atoms with Gasteiger partial charge in [0.1, 0.15) is 5.75 Å². The summed E-state index contributed by atoms with van der Waals surface area (Å²) in [5.74, 6) is 0.350. The molecule has 6 nitrogen and oxygen atoms in total. The first-order valence-corrected chi connectivity index (χ1v) is 7.29. The molecule has 0 aliphatic carbocycles. The molecule has 0 aromatic heterocycles. The molecule has 2 aromatic carbocycles. The summed E-state index contributed by atoms with van der Waals surface area (Å²) in [6.07, 6.45) is 0. The Morgan fingerprint density at radius 2 is 1.87 bits per heavy atom. The third-order valence-electron chi connectivity index (χ3n) is 3.41. The summed E-state index contributed by atoms with van der Waals surface area (Å²) >= 11 is 5.27. The molecule has 0 aliphatic heterocycles. The minimum Gasteiger partial charge on any atom is -0.494 e. The van der Waals surface area contributed by atoms with Gasteiger partial charge in [-0.1, -0.05) is 6.07 Å². The highest BCUT2D eigenvalue weighted by Crippen LogP contribution is 2.29. The molecule has 7 heteroatoms. The molecule has 0 atom stereocenters. The van der Waals surface area contributed by atoms with E-state index in [1.54, 1.807) is 6.07 Å². The first-order valence-electron chi connectivity index (χ1n) is 6.88. The third kappa shape index (κ3) is 4.17. The number of thiocarbonyl (C=S) groups is 1. The number of non-ortho nitro benzene ring substituents is 1. The predicted octanol–water partition coefficient (Wildman–Crippen LogP) is 4.03. The summed E-state index contributed by atoms with van der Waals surface area (Å²) in [6, 6.07) is 10.2. The lowest BCUT2D eigenvalue weighted by atomic mass is 10.1. The van der Waals surface area contributed by atoms with Crippen LogP contribution in [-0.4, -0.2) is 17.1 Å². The second-order valence-corrected chi connectivity index (χ2v) is 5.43. The first-order chi connectivity index (χ1) is 10.9. The molecule has 0 spiro atoms. The normalized spacial score (nSPS) is 10.0. The van der Waals surface area contributed by atoms with Crippen molar-refractivity contribution in [1.29, 1.82) is 0 Å². The highest BCUT2D eigenvalue weighted by Gasteiger charge is 2.12. The van der Waals surface area contributed by atoms with Gasteiger partial charge in [-0.25, -0.2) is 0 Å². The number of nitro groups is 1. The van der Waals surface area contributed by atoms with Crippen molar-refractivity contribution in [3.8, 4) is 5.75 Å². The number of hydrogen-bond donors (Lipinski definition) is 2. The number of nitrogens with zero attached hydrogens (tertiary/aromatic N) is 1. The zero-order chi connectivity index (χ0) is 17.0. The molecule has 0 bridgehead atoms. The Hall–Kier alpha value is -2.67. The average molecular weight is 331 g/mol. The van der Waals surface area contributed by atoms with Crippen LogP contribution in [0.5, 0.6) is 5.75 Å². The monoisotopic (exact) mass is 331 g/mol. The molecular formula is C16H17N3O3S. The van der Waals surface area contributed by atoms with Crippen LogP contribution >= 0.6 is 12.2 Å². The second kappa shape index (κ2) is 7.06. The van der Waals surface area contributed by atoms with Crippen LogP contribution in [0.4, 0.5) is 17.1 Å². The molecule has 0 aliphatic rings. The lowest BCUT2D eigenvalue weighted by molar-refractivity contribution is -0.384. The predicted molar refractivity (Wildman–Crippen MR) is 95.4 cm³/mol. The van der Waals surface area contributed by atoms with Crippen LogP contribution in [0.3, 0.4) is 0 Å². The van der Waals surface area contributed by atoms with Crippen LogP contribution in [0.15, 0.2) is 36.4 Å². The van der Waals surface area contributed by atoms with Crippen molar-refractivity contribution in [2.75, 3.05) is 17.7 Å². The fourth-order valence-corrected chi connectivity index (χ4v) is 2.23. The quantitative estimate of drug-likeness (QED) is 0.500. The topological polar surface area (TPSA) is 76.4 Å². The molecule has 2 N–H and O–H groups in total. The number of anilines is 2. The van der Waals surface area contributed by atoms with E-state index in [4.69, 9.17) is 17.0 Å². The molecule has 0 unspecified atom stereocenters. The van der Waals surface area contributed by atoms with Gasteiger partial charge < -0.3 is 15.4 Å². The van der Waals surface area contributed by atoms with Gasteiger partial charge >= 0.3 is 0 Å². The van der Waals surface area contributed by atoms with Gasteiger partial charge in [-0.2, -0.15) is 0 Å². The summed E-state index contributed by atoms with van der Waals surface area (Å²) in [7, 11) is 1.45. The van der Waals surface area contributed by atoms with Gasteiger partial charge in [0, 0.05) is 11.8 Å².